The van der Waals surface area contributed by atoms with Crippen molar-refractivity contribution in [2.45, 2.75) is 17.9 Å². The van der Waals surface area contributed by atoms with Crippen LogP contribution in [0.15, 0.2) is 46.2 Å². The molecule has 84 valence electrons. The molecule has 1 aromatic heterocycles. The standard InChI is InChI=1S/C11H11NO3S/c1-9-7-15-11(12-9)16(13,14)8-10-5-3-2-4-6-10/h2-7H,8H2,1H3. The number of oxazole rings is 1. The molecule has 2 rings (SSSR count). The van der Waals surface area contributed by atoms with Crippen LogP contribution in [0.2, 0.25) is 0 Å². The summed E-state index contributed by atoms with van der Waals surface area (Å²) in [6, 6.07) is 8.95. The van der Waals surface area contributed by atoms with Gasteiger partial charge in [0.05, 0.1) is 11.4 Å². The van der Waals surface area contributed by atoms with E-state index in [4.69, 9.17) is 4.42 Å². The average Bonchev–Trinajstić information content (AvgIpc) is 2.66. The van der Waals surface area contributed by atoms with E-state index >= 15 is 0 Å². The number of nitrogens with zero attached hydrogens (tertiary/aromatic N) is 1. The average molecular weight is 237 g/mol. The van der Waals surface area contributed by atoms with Crippen molar-refractivity contribution in [1.82, 2.24) is 4.98 Å². The summed E-state index contributed by atoms with van der Waals surface area (Å²) in [6.07, 6.45) is 1.33. The Morgan fingerprint density at radius 2 is 1.94 bits per heavy atom. The Labute approximate surface area is 93.9 Å². The molecule has 0 spiro atoms. The van der Waals surface area contributed by atoms with E-state index in [1.54, 1.807) is 31.2 Å². The molecule has 1 heterocycles. The summed E-state index contributed by atoms with van der Waals surface area (Å²) >= 11 is 0. The Morgan fingerprint density at radius 1 is 1.25 bits per heavy atom. The fourth-order valence-electron chi connectivity index (χ4n) is 1.33. The van der Waals surface area contributed by atoms with Crippen molar-refractivity contribution in [2.24, 2.45) is 0 Å². The number of aromatic nitrogens is 1. The van der Waals surface area contributed by atoms with Crippen molar-refractivity contribution in [2.75, 3.05) is 0 Å². The summed E-state index contributed by atoms with van der Waals surface area (Å²) in [6.45, 7) is 1.69. The minimum absolute atomic E-state index is 0.0895. The van der Waals surface area contributed by atoms with Gasteiger partial charge in [0.2, 0.25) is 9.84 Å². The summed E-state index contributed by atoms with van der Waals surface area (Å²) < 4.78 is 28.6. The van der Waals surface area contributed by atoms with E-state index in [2.05, 4.69) is 4.98 Å². The van der Waals surface area contributed by atoms with Gasteiger partial charge in [-0.05, 0) is 12.5 Å². The van der Waals surface area contributed by atoms with Gasteiger partial charge in [-0.25, -0.2) is 13.4 Å². The third-order valence-corrected chi connectivity index (χ3v) is 3.50. The molecule has 0 aliphatic rings. The summed E-state index contributed by atoms with van der Waals surface area (Å²) in [4.78, 5) is 3.82. The Morgan fingerprint density at radius 3 is 2.50 bits per heavy atom. The SMILES string of the molecule is Cc1coc(S(=O)(=O)Cc2ccccc2)n1. The molecule has 0 N–H and O–H groups in total. The lowest BCUT2D eigenvalue weighted by Gasteiger charge is -1.99. The van der Waals surface area contributed by atoms with Gasteiger partial charge in [0.15, 0.2) is 0 Å². The fraction of sp³-hybridized carbons (Fsp3) is 0.182. The lowest BCUT2D eigenvalue weighted by atomic mass is 10.2. The third kappa shape index (κ3) is 2.30. The third-order valence-electron chi connectivity index (χ3n) is 2.06. The van der Waals surface area contributed by atoms with Crippen molar-refractivity contribution in [3.63, 3.8) is 0 Å². The quantitative estimate of drug-likeness (QED) is 0.818. The van der Waals surface area contributed by atoms with Crippen molar-refractivity contribution in [3.8, 4) is 0 Å². The molecule has 5 heteroatoms. The Kier molecular flexibility index (Phi) is 2.78. The summed E-state index contributed by atoms with van der Waals surface area (Å²) in [5.74, 6) is -0.0895. The van der Waals surface area contributed by atoms with Crippen LogP contribution >= 0.6 is 0 Å². The monoisotopic (exact) mass is 237 g/mol. The van der Waals surface area contributed by atoms with Crippen LogP contribution in [0, 0.1) is 6.92 Å². The zero-order chi connectivity index (χ0) is 11.6. The van der Waals surface area contributed by atoms with Gasteiger partial charge in [0.1, 0.15) is 6.26 Å². The highest BCUT2D eigenvalue weighted by molar-refractivity contribution is 7.90. The number of aryl methyl sites for hydroxylation is 1. The second kappa shape index (κ2) is 4.09. The number of hydrogen-bond donors (Lipinski definition) is 0. The molecule has 0 unspecified atom stereocenters. The Bertz CT molecular complexity index is 572. The number of sulfone groups is 1. The second-order valence-electron chi connectivity index (χ2n) is 3.50. The van der Waals surface area contributed by atoms with Gasteiger partial charge in [-0.15, -0.1) is 0 Å². The zero-order valence-electron chi connectivity index (χ0n) is 8.75. The van der Waals surface area contributed by atoms with Gasteiger partial charge >= 0.3 is 5.22 Å². The first kappa shape index (κ1) is 10.9. The van der Waals surface area contributed by atoms with Crippen LogP contribution in [0.25, 0.3) is 0 Å². The summed E-state index contributed by atoms with van der Waals surface area (Å²) in [5.41, 5.74) is 1.28. The van der Waals surface area contributed by atoms with Crippen molar-refractivity contribution in [3.05, 3.63) is 47.9 Å². The highest BCUT2D eigenvalue weighted by Gasteiger charge is 2.20. The van der Waals surface area contributed by atoms with Crippen LogP contribution < -0.4 is 0 Å². The van der Waals surface area contributed by atoms with Gasteiger partial charge in [-0.2, -0.15) is 0 Å². The first-order valence-corrected chi connectivity index (χ1v) is 6.42. The smallest absolute Gasteiger partial charge is 0.315 e. The van der Waals surface area contributed by atoms with Crippen molar-refractivity contribution in [1.29, 1.82) is 0 Å². The molecule has 0 fully saturated rings. The van der Waals surface area contributed by atoms with Crippen molar-refractivity contribution < 1.29 is 12.8 Å². The normalized spacial score (nSPS) is 11.6. The number of hydrogen-bond acceptors (Lipinski definition) is 4. The van der Waals surface area contributed by atoms with E-state index < -0.39 is 9.84 Å². The Balaban J connectivity index is 2.28. The van der Waals surface area contributed by atoms with E-state index in [1.165, 1.54) is 6.26 Å². The number of rotatable bonds is 3. The molecule has 4 nitrogen and oxygen atoms in total. The molecular formula is C11H11NO3S. The molecule has 0 aliphatic heterocycles. The Hall–Kier alpha value is -1.62. The van der Waals surface area contributed by atoms with E-state index in [-0.39, 0.29) is 11.0 Å². The largest absolute Gasteiger partial charge is 0.436 e. The minimum Gasteiger partial charge on any atom is -0.436 e. The maximum absolute atomic E-state index is 11.9. The predicted octanol–water partition coefficient (Wildman–Crippen LogP) is 1.96. The molecule has 0 aliphatic carbocycles. The molecule has 0 saturated carbocycles. The van der Waals surface area contributed by atoms with Crippen LogP contribution in [0.3, 0.4) is 0 Å². The molecule has 0 atom stereocenters. The first-order chi connectivity index (χ1) is 7.58. The van der Waals surface area contributed by atoms with Gasteiger partial charge in [-0.1, -0.05) is 30.3 Å². The lowest BCUT2D eigenvalue weighted by Crippen LogP contribution is -2.05. The van der Waals surface area contributed by atoms with Crippen LogP contribution in [0.5, 0.6) is 0 Å². The molecule has 2 aromatic rings. The molecule has 0 bridgehead atoms. The summed E-state index contributed by atoms with van der Waals surface area (Å²) in [7, 11) is -3.47. The number of benzene rings is 1. The zero-order valence-corrected chi connectivity index (χ0v) is 9.57. The van der Waals surface area contributed by atoms with E-state index in [9.17, 15) is 8.42 Å². The first-order valence-electron chi connectivity index (χ1n) is 4.77. The van der Waals surface area contributed by atoms with Gasteiger partial charge in [-0.3, -0.25) is 0 Å². The van der Waals surface area contributed by atoms with Crippen LogP contribution in [-0.4, -0.2) is 13.4 Å². The predicted molar refractivity (Wildman–Crippen MR) is 58.6 cm³/mol. The van der Waals surface area contributed by atoms with E-state index in [0.717, 1.165) is 5.56 Å². The summed E-state index contributed by atoms with van der Waals surface area (Å²) in [5, 5.41) is -0.214. The van der Waals surface area contributed by atoms with Gasteiger partial charge < -0.3 is 4.42 Å². The highest BCUT2D eigenvalue weighted by atomic mass is 32.2. The molecule has 16 heavy (non-hydrogen) atoms. The maximum atomic E-state index is 11.9. The van der Waals surface area contributed by atoms with Gasteiger partial charge in [0, 0.05) is 0 Å². The molecular weight excluding hydrogens is 226 g/mol. The van der Waals surface area contributed by atoms with Crippen LogP contribution in [0.1, 0.15) is 11.3 Å². The second-order valence-corrected chi connectivity index (χ2v) is 5.37. The van der Waals surface area contributed by atoms with Crippen LogP contribution in [0.4, 0.5) is 0 Å². The van der Waals surface area contributed by atoms with Crippen molar-refractivity contribution >= 4 is 9.84 Å². The van der Waals surface area contributed by atoms with E-state index in [1.807, 2.05) is 6.07 Å². The molecule has 0 amide bonds. The van der Waals surface area contributed by atoms with Gasteiger partial charge in [0.25, 0.3) is 0 Å². The highest BCUT2D eigenvalue weighted by Crippen LogP contribution is 2.15. The van der Waals surface area contributed by atoms with E-state index in [0.29, 0.717) is 5.69 Å². The van der Waals surface area contributed by atoms with Crippen LogP contribution in [-0.2, 0) is 15.6 Å². The molecule has 1 aromatic carbocycles. The topological polar surface area (TPSA) is 60.2 Å². The maximum Gasteiger partial charge on any atom is 0.315 e. The lowest BCUT2D eigenvalue weighted by molar-refractivity contribution is 0.429. The molecule has 0 saturated heterocycles. The minimum atomic E-state index is -3.47. The molecule has 0 radical (unpaired) electrons. The fourth-order valence-corrected chi connectivity index (χ4v) is 2.56.